The van der Waals surface area contributed by atoms with Crippen LogP contribution in [0.15, 0.2) is 18.2 Å². The van der Waals surface area contributed by atoms with Crippen LogP contribution in [0.3, 0.4) is 0 Å². The lowest BCUT2D eigenvalue weighted by Crippen LogP contribution is -1.86. The lowest BCUT2D eigenvalue weighted by Gasteiger charge is -2.05. The van der Waals surface area contributed by atoms with Crippen LogP contribution < -0.4 is 5.73 Å². The molecule has 3 nitrogen and oxygen atoms in total. The smallest absolute Gasteiger partial charge is 0.145 e. The Balaban J connectivity index is 2.55. The molecular weight excluding hydrogens is 210 g/mol. The molecule has 2 aromatic rings. The van der Waals surface area contributed by atoms with Crippen molar-refractivity contribution in [1.29, 1.82) is 0 Å². The molecule has 0 aliphatic heterocycles. The summed E-state index contributed by atoms with van der Waals surface area (Å²) in [7, 11) is 0. The van der Waals surface area contributed by atoms with E-state index in [4.69, 9.17) is 17.3 Å². The Morgan fingerprint density at radius 3 is 2.53 bits per heavy atom. The predicted octanol–water partition coefficient (Wildman–Crippen LogP) is 2.93. The van der Waals surface area contributed by atoms with E-state index in [1.807, 2.05) is 19.9 Å². The molecule has 0 saturated carbocycles. The van der Waals surface area contributed by atoms with Crippen LogP contribution in [0.2, 0.25) is 5.02 Å². The maximum atomic E-state index is 6.11. The van der Waals surface area contributed by atoms with Crippen LogP contribution in [0.1, 0.15) is 11.1 Å². The monoisotopic (exact) mass is 221 g/mol. The Labute approximate surface area is 93.3 Å². The maximum Gasteiger partial charge on any atom is 0.145 e. The van der Waals surface area contributed by atoms with E-state index in [-0.39, 0.29) is 0 Å². The highest BCUT2D eigenvalue weighted by molar-refractivity contribution is 6.31. The fraction of sp³-hybridized carbons (Fsp3) is 0.182. The summed E-state index contributed by atoms with van der Waals surface area (Å²) in [6, 6.07) is 5.77. The molecule has 0 atom stereocenters. The molecule has 0 unspecified atom stereocenters. The number of hydrogen-bond donors (Lipinski definition) is 2. The number of aromatic nitrogens is 2. The summed E-state index contributed by atoms with van der Waals surface area (Å²) >= 11 is 6.11. The second-order valence-electron chi connectivity index (χ2n) is 3.61. The van der Waals surface area contributed by atoms with E-state index in [1.54, 1.807) is 6.07 Å². The minimum atomic E-state index is 0.486. The number of anilines is 1. The van der Waals surface area contributed by atoms with Crippen molar-refractivity contribution < 1.29 is 0 Å². The number of nitrogens with one attached hydrogen (secondary N) is 1. The Kier molecular flexibility index (Phi) is 2.40. The Morgan fingerprint density at radius 2 is 2.00 bits per heavy atom. The number of nitrogens with zero attached hydrogens (tertiary/aromatic N) is 1. The molecule has 1 aromatic heterocycles. The molecule has 0 fully saturated rings. The third kappa shape index (κ3) is 1.83. The van der Waals surface area contributed by atoms with E-state index in [2.05, 4.69) is 16.3 Å². The highest BCUT2D eigenvalue weighted by atomic mass is 35.5. The van der Waals surface area contributed by atoms with Crippen molar-refractivity contribution >= 4 is 17.4 Å². The first-order valence-electron chi connectivity index (χ1n) is 4.66. The number of aryl methyl sites for hydroxylation is 1. The maximum absolute atomic E-state index is 6.11. The number of rotatable bonds is 1. The molecule has 0 aliphatic carbocycles. The summed E-state index contributed by atoms with van der Waals surface area (Å²) in [5.74, 6) is 0.486. The van der Waals surface area contributed by atoms with Gasteiger partial charge in [-0.25, -0.2) is 0 Å². The zero-order chi connectivity index (χ0) is 11.0. The minimum absolute atomic E-state index is 0.486. The largest absolute Gasteiger partial charge is 0.382 e. The van der Waals surface area contributed by atoms with Crippen molar-refractivity contribution in [3.05, 3.63) is 34.3 Å². The third-order valence-electron chi connectivity index (χ3n) is 2.51. The lowest BCUT2D eigenvalue weighted by molar-refractivity contribution is 1.10. The van der Waals surface area contributed by atoms with Crippen LogP contribution in [0.4, 0.5) is 5.82 Å². The molecule has 0 radical (unpaired) electrons. The number of benzene rings is 1. The first kappa shape index (κ1) is 10.1. The van der Waals surface area contributed by atoms with Crippen LogP contribution >= 0.6 is 11.6 Å². The van der Waals surface area contributed by atoms with E-state index in [1.165, 1.54) is 0 Å². The van der Waals surface area contributed by atoms with Crippen molar-refractivity contribution in [2.24, 2.45) is 0 Å². The summed E-state index contributed by atoms with van der Waals surface area (Å²) in [5, 5.41) is 7.51. The van der Waals surface area contributed by atoms with Gasteiger partial charge in [-0.1, -0.05) is 11.6 Å². The van der Waals surface area contributed by atoms with E-state index >= 15 is 0 Å². The average Bonchev–Trinajstić information content (AvgIpc) is 2.60. The van der Waals surface area contributed by atoms with Crippen molar-refractivity contribution in [3.63, 3.8) is 0 Å². The van der Waals surface area contributed by atoms with Gasteiger partial charge in [-0.15, -0.1) is 0 Å². The number of nitrogen functional groups attached to an aromatic ring is 1. The SMILES string of the molecule is Cc1cc(-c2cc(N)n[nH]2)cc(Cl)c1C. The van der Waals surface area contributed by atoms with Crippen LogP contribution in [-0.2, 0) is 0 Å². The molecule has 0 amide bonds. The lowest BCUT2D eigenvalue weighted by atomic mass is 10.0. The summed E-state index contributed by atoms with van der Waals surface area (Å²) in [5.41, 5.74) is 9.70. The van der Waals surface area contributed by atoms with E-state index < -0.39 is 0 Å². The first-order valence-corrected chi connectivity index (χ1v) is 5.03. The fourth-order valence-corrected chi connectivity index (χ4v) is 1.72. The molecule has 1 aromatic carbocycles. The molecule has 0 bridgehead atoms. The van der Waals surface area contributed by atoms with Gasteiger partial charge in [0, 0.05) is 16.7 Å². The van der Waals surface area contributed by atoms with Gasteiger partial charge in [0.15, 0.2) is 0 Å². The quantitative estimate of drug-likeness (QED) is 0.778. The number of H-pyrrole nitrogens is 1. The standard InChI is InChI=1S/C11H12ClN3/c1-6-3-8(4-9(12)7(6)2)10-5-11(13)15-14-10/h3-5H,1-2H3,(H3,13,14,15). The van der Waals surface area contributed by atoms with E-state index in [0.717, 1.165) is 27.4 Å². The number of nitrogens with two attached hydrogens (primary N) is 1. The van der Waals surface area contributed by atoms with Gasteiger partial charge >= 0.3 is 0 Å². The van der Waals surface area contributed by atoms with Crippen LogP contribution in [0.5, 0.6) is 0 Å². The van der Waals surface area contributed by atoms with Crippen molar-refractivity contribution in [1.82, 2.24) is 10.2 Å². The van der Waals surface area contributed by atoms with Gasteiger partial charge in [-0.2, -0.15) is 5.10 Å². The molecule has 0 saturated heterocycles. The highest BCUT2D eigenvalue weighted by Crippen LogP contribution is 2.27. The summed E-state index contributed by atoms with van der Waals surface area (Å²) in [6.45, 7) is 4.03. The van der Waals surface area contributed by atoms with Crippen LogP contribution in [0.25, 0.3) is 11.3 Å². The molecule has 15 heavy (non-hydrogen) atoms. The van der Waals surface area contributed by atoms with Gasteiger partial charge in [0.2, 0.25) is 0 Å². The number of aromatic amines is 1. The summed E-state index contributed by atoms with van der Waals surface area (Å²) in [4.78, 5) is 0. The highest BCUT2D eigenvalue weighted by Gasteiger charge is 2.06. The van der Waals surface area contributed by atoms with Crippen molar-refractivity contribution in [2.45, 2.75) is 13.8 Å². The average molecular weight is 222 g/mol. The normalized spacial score (nSPS) is 10.6. The van der Waals surface area contributed by atoms with Gasteiger partial charge < -0.3 is 5.73 Å². The third-order valence-corrected chi connectivity index (χ3v) is 2.91. The molecule has 0 aliphatic rings. The molecular formula is C11H12ClN3. The molecule has 2 rings (SSSR count). The Hall–Kier alpha value is -1.48. The van der Waals surface area contributed by atoms with Crippen molar-refractivity contribution in [3.8, 4) is 11.3 Å². The number of halogens is 1. The van der Waals surface area contributed by atoms with Crippen molar-refractivity contribution in [2.75, 3.05) is 5.73 Å². The first-order chi connectivity index (χ1) is 7.08. The predicted molar refractivity (Wildman–Crippen MR) is 62.9 cm³/mol. The van der Waals surface area contributed by atoms with Gasteiger partial charge in [-0.05, 0) is 37.1 Å². The zero-order valence-corrected chi connectivity index (χ0v) is 9.39. The van der Waals surface area contributed by atoms with Crippen LogP contribution in [-0.4, -0.2) is 10.2 Å². The molecule has 1 heterocycles. The fourth-order valence-electron chi connectivity index (χ4n) is 1.46. The molecule has 0 spiro atoms. The molecule has 3 N–H and O–H groups in total. The minimum Gasteiger partial charge on any atom is -0.382 e. The molecule has 78 valence electrons. The summed E-state index contributed by atoms with van der Waals surface area (Å²) < 4.78 is 0. The van der Waals surface area contributed by atoms with Gasteiger partial charge in [0.05, 0.1) is 5.69 Å². The Morgan fingerprint density at radius 1 is 1.27 bits per heavy atom. The van der Waals surface area contributed by atoms with Gasteiger partial charge in [0.25, 0.3) is 0 Å². The summed E-state index contributed by atoms with van der Waals surface area (Å²) in [6.07, 6.45) is 0. The topological polar surface area (TPSA) is 54.7 Å². The van der Waals surface area contributed by atoms with Crippen LogP contribution in [0, 0.1) is 13.8 Å². The zero-order valence-electron chi connectivity index (χ0n) is 8.63. The second kappa shape index (κ2) is 3.59. The van der Waals surface area contributed by atoms with E-state index in [9.17, 15) is 0 Å². The second-order valence-corrected chi connectivity index (χ2v) is 4.01. The Bertz CT molecular complexity index is 479. The van der Waals surface area contributed by atoms with Gasteiger partial charge in [0.1, 0.15) is 5.82 Å². The number of hydrogen-bond acceptors (Lipinski definition) is 2. The van der Waals surface area contributed by atoms with Gasteiger partial charge in [-0.3, -0.25) is 5.10 Å². The van der Waals surface area contributed by atoms with E-state index in [0.29, 0.717) is 5.82 Å². The molecule has 4 heteroatoms.